The second-order valence-corrected chi connectivity index (χ2v) is 7.86. The smallest absolute Gasteiger partial charge is 0.238 e. The van der Waals surface area contributed by atoms with E-state index in [2.05, 4.69) is 18.3 Å². The van der Waals surface area contributed by atoms with Crippen molar-refractivity contribution in [1.29, 1.82) is 0 Å². The van der Waals surface area contributed by atoms with Crippen molar-refractivity contribution in [3.05, 3.63) is 59.7 Å². The molecule has 4 rings (SSSR count). The standard InChI is InChI=1S/C21H22N2O2S/c1-2-14-5-3-4-6-18(14)23-19(24)13-26-21(23)16-9-11-17(12-10-16)22-20(25)15-7-8-15/h3-6,9-12,15,21H,2,7-8,13H2,1H3,(H,22,25). The van der Waals surface area contributed by atoms with E-state index in [1.165, 1.54) is 5.56 Å². The van der Waals surface area contributed by atoms with Crippen LogP contribution in [-0.4, -0.2) is 17.6 Å². The topological polar surface area (TPSA) is 49.4 Å². The van der Waals surface area contributed by atoms with E-state index >= 15 is 0 Å². The Balaban J connectivity index is 1.57. The predicted octanol–water partition coefficient (Wildman–Crippen LogP) is 4.38. The first-order chi connectivity index (χ1) is 12.7. The van der Waals surface area contributed by atoms with Crippen LogP contribution in [-0.2, 0) is 16.0 Å². The maximum Gasteiger partial charge on any atom is 0.238 e. The number of nitrogens with zero attached hydrogens (tertiary/aromatic N) is 1. The molecule has 0 bridgehead atoms. The molecular weight excluding hydrogens is 344 g/mol. The van der Waals surface area contributed by atoms with Crippen molar-refractivity contribution >= 4 is 35.0 Å². The quantitative estimate of drug-likeness (QED) is 0.854. The number of aryl methyl sites for hydroxylation is 1. The highest BCUT2D eigenvalue weighted by atomic mass is 32.2. The molecule has 1 saturated heterocycles. The van der Waals surface area contributed by atoms with E-state index in [4.69, 9.17) is 0 Å². The summed E-state index contributed by atoms with van der Waals surface area (Å²) in [4.78, 5) is 26.4. The molecular formula is C21H22N2O2S. The van der Waals surface area contributed by atoms with E-state index in [9.17, 15) is 9.59 Å². The van der Waals surface area contributed by atoms with Gasteiger partial charge in [-0.15, -0.1) is 11.8 Å². The molecule has 0 radical (unpaired) electrons. The van der Waals surface area contributed by atoms with Gasteiger partial charge in [-0.05, 0) is 48.6 Å². The zero-order valence-corrected chi connectivity index (χ0v) is 15.6. The summed E-state index contributed by atoms with van der Waals surface area (Å²) in [6.07, 6.45) is 2.89. The molecule has 1 N–H and O–H groups in total. The molecule has 134 valence electrons. The van der Waals surface area contributed by atoms with Crippen LogP contribution in [0.1, 0.15) is 36.3 Å². The Hall–Kier alpha value is -2.27. The van der Waals surface area contributed by atoms with Gasteiger partial charge in [0.05, 0.1) is 5.75 Å². The van der Waals surface area contributed by atoms with Gasteiger partial charge >= 0.3 is 0 Å². The summed E-state index contributed by atoms with van der Waals surface area (Å²) in [7, 11) is 0. The average Bonchev–Trinajstić information content (AvgIpc) is 3.45. The Kier molecular flexibility index (Phi) is 4.72. The first-order valence-electron chi connectivity index (χ1n) is 9.09. The molecule has 1 unspecified atom stereocenters. The lowest BCUT2D eigenvalue weighted by molar-refractivity contribution is -0.117. The van der Waals surface area contributed by atoms with Crippen molar-refractivity contribution in [2.45, 2.75) is 31.6 Å². The van der Waals surface area contributed by atoms with Crippen molar-refractivity contribution in [1.82, 2.24) is 0 Å². The second kappa shape index (κ2) is 7.16. The number of anilines is 2. The molecule has 1 saturated carbocycles. The largest absolute Gasteiger partial charge is 0.326 e. The number of benzene rings is 2. The Bertz CT molecular complexity index is 830. The Morgan fingerprint density at radius 1 is 1.15 bits per heavy atom. The molecule has 1 aliphatic carbocycles. The Labute approximate surface area is 158 Å². The molecule has 2 aromatic carbocycles. The number of rotatable bonds is 5. The summed E-state index contributed by atoms with van der Waals surface area (Å²) < 4.78 is 0. The number of amides is 2. The Morgan fingerprint density at radius 2 is 1.88 bits per heavy atom. The van der Waals surface area contributed by atoms with Gasteiger partial charge in [0.15, 0.2) is 0 Å². The minimum Gasteiger partial charge on any atom is -0.326 e. The van der Waals surface area contributed by atoms with Crippen LogP contribution in [0.3, 0.4) is 0 Å². The lowest BCUT2D eigenvalue weighted by Gasteiger charge is -2.26. The van der Waals surface area contributed by atoms with Crippen LogP contribution in [0.4, 0.5) is 11.4 Å². The third-order valence-electron chi connectivity index (χ3n) is 4.91. The minimum atomic E-state index is -0.0246. The van der Waals surface area contributed by atoms with Gasteiger partial charge in [-0.3, -0.25) is 14.5 Å². The number of thioether (sulfide) groups is 1. The molecule has 0 aromatic heterocycles. The predicted molar refractivity (Wildman–Crippen MR) is 106 cm³/mol. The average molecular weight is 366 g/mol. The number of hydrogen-bond acceptors (Lipinski definition) is 3. The number of hydrogen-bond donors (Lipinski definition) is 1. The van der Waals surface area contributed by atoms with Gasteiger partial charge in [-0.25, -0.2) is 0 Å². The van der Waals surface area contributed by atoms with Crippen molar-refractivity contribution in [2.75, 3.05) is 16.0 Å². The van der Waals surface area contributed by atoms with E-state index in [1.807, 2.05) is 47.4 Å². The molecule has 2 fully saturated rings. The molecule has 2 aromatic rings. The first-order valence-corrected chi connectivity index (χ1v) is 10.1. The van der Waals surface area contributed by atoms with Crippen molar-refractivity contribution < 1.29 is 9.59 Å². The van der Waals surface area contributed by atoms with Gasteiger partial charge in [-0.1, -0.05) is 37.3 Å². The lowest BCUT2D eigenvalue weighted by atomic mass is 10.1. The number of carbonyl (C=O) groups is 2. The molecule has 5 heteroatoms. The fourth-order valence-electron chi connectivity index (χ4n) is 3.30. The first kappa shape index (κ1) is 17.2. The van der Waals surface area contributed by atoms with Crippen LogP contribution in [0.15, 0.2) is 48.5 Å². The van der Waals surface area contributed by atoms with Crippen molar-refractivity contribution in [3.63, 3.8) is 0 Å². The molecule has 1 aliphatic heterocycles. The maximum atomic E-state index is 12.6. The molecule has 4 nitrogen and oxygen atoms in total. The molecule has 1 heterocycles. The van der Waals surface area contributed by atoms with Crippen molar-refractivity contribution in [2.24, 2.45) is 5.92 Å². The van der Waals surface area contributed by atoms with E-state index in [0.29, 0.717) is 5.75 Å². The lowest BCUT2D eigenvalue weighted by Crippen LogP contribution is -2.28. The summed E-state index contributed by atoms with van der Waals surface area (Å²) in [5, 5.41) is 2.94. The number of nitrogens with one attached hydrogen (secondary N) is 1. The zero-order chi connectivity index (χ0) is 18.1. The van der Waals surface area contributed by atoms with Crippen LogP contribution < -0.4 is 10.2 Å². The van der Waals surface area contributed by atoms with Gasteiger partial charge in [0.1, 0.15) is 5.37 Å². The summed E-state index contributed by atoms with van der Waals surface area (Å²) >= 11 is 1.65. The van der Waals surface area contributed by atoms with Crippen molar-refractivity contribution in [3.8, 4) is 0 Å². The molecule has 0 spiro atoms. The van der Waals surface area contributed by atoms with E-state index in [1.54, 1.807) is 11.8 Å². The maximum absolute atomic E-state index is 12.6. The molecule has 2 aliphatic rings. The van der Waals surface area contributed by atoms with Crippen LogP contribution in [0.5, 0.6) is 0 Å². The summed E-state index contributed by atoms with van der Waals surface area (Å²) in [6.45, 7) is 2.11. The van der Waals surface area contributed by atoms with Gasteiger partial charge in [0.2, 0.25) is 11.8 Å². The van der Waals surface area contributed by atoms with E-state index in [0.717, 1.165) is 36.2 Å². The third kappa shape index (κ3) is 3.36. The van der Waals surface area contributed by atoms with E-state index in [-0.39, 0.29) is 23.1 Å². The van der Waals surface area contributed by atoms with Crippen LogP contribution >= 0.6 is 11.8 Å². The number of para-hydroxylation sites is 1. The highest BCUT2D eigenvalue weighted by Gasteiger charge is 2.35. The summed E-state index contributed by atoms with van der Waals surface area (Å²) in [6, 6.07) is 16.0. The van der Waals surface area contributed by atoms with Gasteiger partial charge in [-0.2, -0.15) is 0 Å². The third-order valence-corrected chi connectivity index (χ3v) is 6.12. The highest BCUT2D eigenvalue weighted by Crippen LogP contribution is 2.43. The Morgan fingerprint density at radius 3 is 2.58 bits per heavy atom. The normalized spacial score (nSPS) is 19.7. The molecule has 2 amide bonds. The van der Waals surface area contributed by atoms with E-state index < -0.39 is 0 Å². The summed E-state index contributed by atoms with van der Waals surface area (Å²) in [5.74, 6) is 0.940. The second-order valence-electron chi connectivity index (χ2n) is 6.79. The highest BCUT2D eigenvalue weighted by molar-refractivity contribution is 8.00. The SMILES string of the molecule is CCc1ccccc1N1C(=O)CSC1c1ccc(NC(=O)C2CC2)cc1. The van der Waals surface area contributed by atoms with Gasteiger partial charge in [0, 0.05) is 17.3 Å². The van der Waals surface area contributed by atoms with Crippen LogP contribution in [0.2, 0.25) is 0 Å². The fraction of sp³-hybridized carbons (Fsp3) is 0.333. The van der Waals surface area contributed by atoms with Crippen LogP contribution in [0.25, 0.3) is 0 Å². The molecule has 26 heavy (non-hydrogen) atoms. The molecule has 1 atom stereocenters. The van der Waals surface area contributed by atoms with Gasteiger partial charge < -0.3 is 5.32 Å². The zero-order valence-electron chi connectivity index (χ0n) is 14.8. The number of carbonyl (C=O) groups excluding carboxylic acids is 2. The minimum absolute atomic E-state index is 0.0246. The van der Waals surface area contributed by atoms with Crippen LogP contribution in [0, 0.1) is 5.92 Å². The monoisotopic (exact) mass is 366 g/mol. The summed E-state index contributed by atoms with van der Waals surface area (Å²) in [5.41, 5.74) is 4.08. The van der Waals surface area contributed by atoms with Gasteiger partial charge in [0.25, 0.3) is 0 Å². The fourth-order valence-corrected chi connectivity index (χ4v) is 4.47.